The van der Waals surface area contributed by atoms with Gasteiger partial charge >= 0.3 is 0 Å². The summed E-state index contributed by atoms with van der Waals surface area (Å²) in [5, 5.41) is 22.4. The number of benzene rings is 1. The van der Waals surface area contributed by atoms with Gasteiger partial charge in [-0.25, -0.2) is 0 Å². The van der Waals surface area contributed by atoms with E-state index in [9.17, 15) is 10.2 Å². The maximum atomic E-state index is 9.35. The highest BCUT2D eigenvalue weighted by molar-refractivity contribution is 5.60. The van der Waals surface area contributed by atoms with Gasteiger partial charge in [0.25, 0.3) is 5.89 Å². The summed E-state index contributed by atoms with van der Waals surface area (Å²) in [6, 6.07) is 7.94. The average molecular weight is 255 g/mol. The number of hydrogen-bond donors (Lipinski definition) is 2. The maximum absolute atomic E-state index is 9.35. The summed E-state index contributed by atoms with van der Waals surface area (Å²) in [7, 11) is 0. The number of hydrogen-bond acceptors (Lipinski definition) is 6. The van der Waals surface area contributed by atoms with Crippen LogP contribution in [0.4, 0.5) is 0 Å². The Morgan fingerprint density at radius 3 is 2.42 bits per heavy atom. The first-order valence-corrected chi connectivity index (χ1v) is 5.50. The lowest BCUT2D eigenvalue weighted by Gasteiger charge is -1.94. The van der Waals surface area contributed by atoms with Crippen LogP contribution in [0.1, 0.15) is 0 Å². The van der Waals surface area contributed by atoms with Gasteiger partial charge in [0, 0.05) is 11.8 Å². The minimum absolute atomic E-state index is 0.0295. The first kappa shape index (κ1) is 11.2. The molecule has 0 aliphatic rings. The lowest BCUT2D eigenvalue weighted by molar-refractivity contribution is 0.431. The molecule has 0 amide bonds. The minimum atomic E-state index is 0.0295. The van der Waals surface area contributed by atoms with E-state index in [0.717, 1.165) is 5.56 Å². The van der Waals surface area contributed by atoms with Crippen LogP contribution in [0.15, 0.2) is 47.2 Å². The van der Waals surface area contributed by atoms with Crippen LogP contribution in [-0.4, -0.2) is 25.3 Å². The van der Waals surface area contributed by atoms with Crippen LogP contribution < -0.4 is 0 Å². The van der Waals surface area contributed by atoms with E-state index in [1.165, 1.54) is 18.5 Å². The molecule has 2 heterocycles. The summed E-state index contributed by atoms with van der Waals surface area (Å²) in [6.07, 6.45) is 2.84. The molecular weight excluding hydrogens is 246 g/mol. The lowest BCUT2D eigenvalue weighted by Crippen LogP contribution is -1.82. The van der Waals surface area contributed by atoms with Gasteiger partial charge in [-0.15, -0.1) is 0 Å². The largest absolute Gasteiger partial charge is 0.508 e. The van der Waals surface area contributed by atoms with Gasteiger partial charge < -0.3 is 14.7 Å². The first-order valence-electron chi connectivity index (χ1n) is 5.50. The Morgan fingerprint density at radius 2 is 1.68 bits per heavy atom. The predicted molar refractivity (Wildman–Crippen MR) is 66.3 cm³/mol. The standard InChI is InChI=1S/C13H9N3O3/c17-10-3-1-8(2-4-10)12-15-13(19-16-12)9-5-11(18)7-14-6-9/h1-7,17-18H. The molecule has 0 fully saturated rings. The van der Waals surface area contributed by atoms with Crippen molar-refractivity contribution in [3.05, 3.63) is 42.7 Å². The third-order valence-corrected chi connectivity index (χ3v) is 2.52. The number of phenolic OH excluding ortho intramolecular Hbond substituents is 1. The van der Waals surface area contributed by atoms with Gasteiger partial charge in [-0.1, -0.05) is 5.16 Å². The molecule has 0 aliphatic carbocycles. The summed E-state index contributed by atoms with van der Waals surface area (Å²) in [5.74, 6) is 0.872. The SMILES string of the molecule is Oc1ccc(-c2noc(-c3cncc(O)c3)n2)cc1. The second kappa shape index (κ2) is 4.41. The van der Waals surface area contributed by atoms with E-state index in [2.05, 4.69) is 15.1 Å². The van der Waals surface area contributed by atoms with Gasteiger partial charge in [-0.3, -0.25) is 4.98 Å². The zero-order chi connectivity index (χ0) is 13.2. The molecule has 0 bridgehead atoms. The number of nitrogens with zero attached hydrogens (tertiary/aromatic N) is 3. The Bertz CT molecular complexity index is 707. The number of pyridine rings is 1. The molecule has 0 radical (unpaired) electrons. The monoisotopic (exact) mass is 255 g/mol. The number of aromatic nitrogens is 3. The van der Waals surface area contributed by atoms with Crippen molar-refractivity contribution in [2.24, 2.45) is 0 Å². The highest BCUT2D eigenvalue weighted by atomic mass is 16.5. The predicted octanol–water partition coefficient (Wildman–Crippen LogP) is 2.21. The third-order valence-electron chi connectivity index (χ3n) is 2.52. The van der Waals surface area contributed by atoms with Gasteiger partial charge in [0.2, 0.25) is 5.82 Å². The Morgan fingerprint density at radius 1 is 0.895 bits per heavy atom. The molecule has 0 aliphatic heterocycles. The van der Waals surface area contributed by atoms with E-state index < -0.39 is 0 Å². The Hall–Kier alpha value is -2.89. The minimum Gasteiger partial charge on any atom is -0.508 e. The molecule has 94 valence electrons. The molecule has 0 atom stereocenters. The molecule has 6 nitrogen and oxygen atoms in total. The second-order valence-electron chi connectivity index (χ2n) is 3.90. The van der Waals surface area contributed by atoms with Crippen LogP contribution in [0.5, 0.6) is 11.5 Å². The van der Waals surface area contributed by atoms with Crippen LogP contribution >= 0.6 is 0 Å². The number of aromatic hydroxyl groups is 2. The molecule has 0 spiro atoms. The molecule has 19 heavy (non-hydrogen) atoms. The van der Waals surface area contributed by atoms with Gasteiger partial charge in [0.1, 0.15) is 11.5 Å². The zero-order valence-corrected chi connectivity index (χ0v) is 9.69. The molecular formula is C13H9N3O3. The summed E-state index contributed by atoms with van der Waals surface area (Å²) in [4.78, 5) is 8.05. The van der Waals surface area contributed by atoms with Crippen LogP contribution in [0.2, 0.25) is 0 Å². The fraction of sp³-hybridized carbons (Fsp3) is 0. The summed E-state index contributed by atoms with van der Waals surface area (Å²) in [5.41, 5.74) is 1.26. The zero-order valence-electron chi connectivity index (χ0n) is 9.69. The number of phenols is 1. The topological polar surface area (TPSA) is 92.3 Å². The molecule has 1 aromatic carbocycles. The van der Waals surface area contributed by atoms with Crippen molar-refractivity contribution in [1.29, 1.82) is 0 Å². The van der Waals surface area contributed by atoms with Crippen molar-refractivity contribution in [1.82, 2.24) is 15.1 Å². The quantitative estimate of drug-likeness (QED) is 0.729. The Balaban J connectivity index is 1.97. The van der Waals surface area contributed by atoms with Gasteiger partial charge in [0.05, 0.1) is 11.8 Å². The molecule has 0 saturated carbocycles. The van der Waals surface area contributed by atoms with E-state index in [4.69, 9.17) is 4.52 Å². The van der Waals surface area contributed by atoms with Crippen LogP contribution in [0, 0.1) is 0 Å². The van der Waals surface area contributed by atoms with Crippen molar-refractivity contribution in [2.75, 3.05) is 0 Å². The highest BCUT2D eigenvalue weighted by Gasteiger charge is 2.11. The van der Waals surface area contributed by atoms with Crippen LogP contribution in [-0.2, 0) is 0 Å². The Kier molecular flexibility index (Phi) is 2.60. The summed E-state index contributed by atoms with van der Waals surface area (Å²) < 4.78 is 5.12. The van der Waals surface area contributed by atoms with E-state index in [0.29, 0.717) is 11.4 Å². The molecule has 0 unspecified atom stereocenters. The van der Waals surface area contributed by atoms with Gasteiger partial charge in [-0.2, -0.15) is 4.98 Å². The fourth-order valence-electron chi connectivity index (χ4n) is 1.61. The van der Waals surface area contributed by atoms with E-state index in [-0.39, 0.29) is 17.4 Å². The summed E-state index contributed by atoms with van der Waals surface area (Å²) >= 11 is 0. The van der Waals surface area contributed by atoms with E-state index in [1.807, 2.05) is 0 Å². The van der Waals surface area contributed by atoms with Crippen molar-refractivity contribution in [3.8, 4) is 34.3 Å². The van der Waals surface area contributed by atoms with Crippen molar-refractivity contribution < 1.29 is 14.7 Å². The fourth-order valence-corrected chi connectivity index (χ4v) is 1.61. The molecule has 2 N–H and O–H groups in total. The van der Waals surface area contributed by atoms with Crippen molar-refractivity contribution in [2.45, 2.75) is 0 Å². The van der Waals surface area contributed by atoms with Gasteiger partial charge in [-0.05, 0) is 30.3 Å². The lowest BCUT2D eigenvalue weighted by atomic mass is 10.2. The molecule has 0 saturated heterocycles. The van der Waals surface area contributed by atoms with Crippen molar-refractivity contribution >= 4 is 0 Å². The maximum Gasteiger partial charge on any atom is 0.259 e. The molecule has 2 aromatic heterocycles. The van der Waals surface area contributed by atoms with Crippen LogP contribution in [0.3, 0.4) is 0 Å². The van der Waals surface area contributed by atoms with Crippen LogP contribution in [0.25, 0.3) is 22.8 Å². The molecule has 3 rings (SSSR count). The first-order chi connectivity index (χ1) is 9.22. The molecule has 6 heteroatoms. The van der Waals surface area contributed by atoms with E-state index >= 15 is 0 Å². The van der Waals surface area contributed by atoms with Crippen molar-refractivity contribution in [3.63, 3.8) is 0 Å². The second-order valence-corrected chi connectivity index (χ2v) is 3.90. The summed E-state index contributed by atoms with van der Waals surface area (Å²) in [6.45, 7) is 0. The molecule has 3 aromatic rings. The Labute approximate surface area is 108 Å². The van der Waals surface area contributed by atoms with Gasteiger partial charge in [0.15, 0.2) is 0 Å². The average Bonchev–Trinajstić information content (AvgIpc) is 2.89. The highest BCUT2D eigenvalue weighted by Crippen LogP contribution is 2.24. The smallest absolute Gasteiger partial charge is 0.259 e. The third kappa shape index (κ3) is 2.23. The van der Waals surface area contributed by atoms with E-state index in [1.54, 1.807) is 24.3 Å². The normalized spacial score (nSPS) is 10.5. The number of rotatable bonds is 2.